The van der Waals surface area contributed by atoms with Gasteiger partial charge in [-0.2, -0.15) is 0 Å². The molecule has 2 aromatic heterocycles. The summed E-state index contributed by atoms with van der Waals surface area (Å²) < 4.78 is 12.3. The molecule has 0 unspecified atom stereocenters. The highest BCUT2D eigenvalue weighted by atomic mass is 16.5. The Hall–Kier alpha value is -3.02. The number of ether oxygens (including phenoxy) is 2. The van der Waals surface area contributed by atoms with Gasteiger partial charge in [-0.15, -0.1) is 0 Å². The molecular weight excluding hydrogens is 306 g/mol. The number of imidazole rings is 1. The molecule has 3 rings (SSSR count). The Balaban J connectivity index is 1.74. The van der Waals surface area contributed by atoms with Crippen LogP contribution in [-0.2, 0) is 6.54 Å². The molecule has 1 aromatic carbocycles. The van der Waals surface area contributed by atoms with Crippen molar-refractivity contribution < 1.29 is 14.3 Å². The minimum absolute atomic E-state index is 0.224. The Morgan fingerprint density at radius 3 is 2.50 bits per heavy atom. The second-order valence-electron chi connectivity index (χ2n) is 5.50. The van der Waals surface area contributed by atoms with Gasteiger partial charge in [0.2, 0.25) is 0 Å². The molecule has 0 fully saturated rings. The van der Waals surface area contributed by atoms with Crippen LogP contribution in [0.2, 0.25) is 0 Å². The quantitative estimate of drug-likeness (QED) is 0.783. The molecule has 1 N–H and O–H groups in total. The molecular formula is C18H19N3O3. The van der Waals surface area contributed by atoms with Crippen molar-refractivity contribution in [2.45, 2.75) is 13.5 Å². The van der Waals surface area contributed by atoms with E-state index in [2.05, 4.69) is 10.3 Å². The lowest BCUT2D eigenvalue weighted by Crippen LogP contribution is -2.23. The Morgan fingerprint density at radius 2 is 1.83 bits per heavy atom. The first-order valence-electron chi connectivity index (χ1n) is 7.54. The van der Waals surface area contributed by atoms with Gasteiger partial charge < -0.3 is 19.2 Å². The zero-order valence-electron chi connectivity index (χ0n) is 13.9. The first kappa shape index (κ1) is 15.9. The van der Waals surface area contributed by atoms with E-state index in [1.807, 2.05) is 41.8 Å². The summed E-state index contributed by atoms with van der Waals surface area (Å²) >= 11 is 0. The van der Waals surface area contributed by atoms with Gasteiger partial charge in [0.15, 0.2) is 0 Å². The fraction of sp³-hybridized carbons (Fsp3) is 0.222. The smallest absolute Gasteiger partial charge is 0.271 e. The Bertz CT molecular complexity index is 864. The molecule has 6 nitrogen and oxygen atoms in total. The molecule has 0 aliphatic carbocycles. The number of fused-ring (bicyclic) bond motifs is 1. The summed E-state index contributed by atoms with van der Waals surface area (Å²) in [5.41, 5.74) is 3.12. The lowest BCUT2D eigenvalue weighted by atomic mass is 10.2. The maximum Gasteiger partial charge on any atom is 0.271 e. The van der Waals surface area contributed by atoms with Crippen molar-refractivity contribution in [2.75, 3.05) is 14.2 Å². The van der Waals surface area contributed by atoms with Crippen molar-refractivity contribution >= 4 is 11.6 Å². The summed E-state index contributed by atoms with van der Waals surface area (Å²) in [6.07, 6.45) is 3.66. The van der Waals surface area contributed by atoms with Gasteiger partial charge in [-0.3, -0.25) is 4.79 Å². The predicted molar refractivity (Wildman–Crippen MR) is 90.6 cm³/mol. The number of nitrogens with one attached hydrogen (secondary N) is 1. The van der Waals surface area contributed by atoms with Crippen molar-refractivity contribution in [3.63, 3.8) is 0 Å². The summed E-state index contributed by atoms with van der Waals surface area (Å²) in [4.78, 5) is 16.7. The number of amides is 1. The van der Waals surface area contributed by atoms with Crippen molar-refractivity contribution in [3.8, 4) is 11.5 Å². The van der Waals surface area contributed by atoms with E-state index in [9.17, 15) is 4.79 Å². The number of aryl methyl sites for hydroxylation is 1. The summed E-state index contributed by atoms with van der Waals surface area (Å²) in [6, 6.07) is 9.35. The molecule has 0 radical (unpaired) electrons. The van der Waals surface area contributed by atoms with E-state index in [1.165, 1.54) is 0 Å². The molecule has 0 bridgehead atoms. The van der Waals surface area contributed by atoms with E-state index in [4.69, 9.17) is 9.47 Å². The van der Waals surface area contributed by atoms with Gasteiger partial charge in [-0.25, -0.2) is 4.98 Å². The minimum Gasteiger partial charge on any atom is -0.497 e. The molecule has 0 spiro atoms. The highest BCUT2D eigenvalue weighted by molar-refractivity contribution is 5.92. The van der Waals surface area contributed by atoms with Gasteiger partial charge in [0, 0.05) is 25.0 Å². The largest absolute Gasteiger partial charge is 0.497 e. The first-order valence-corrected chi connectivity index (χ1v) is 7.54. The molecule has 124 valence electrons. The predicted octanol–water partition coefficient (Wildman–Crippen LogP) is 2.59. The number of carbonyl (C=O) groups is 1. The second-order valence-corrected chi connectivity index (χ2v) is 5.50. The molecule has 2 heterocycles. The number of hydrogen-bond donors (Lipinski definition) is 1. The average Bonchev–Trinajstić information content (AvgIpc) is 3.02. The zero-order chi connectivity index (χ0) is 17.1. The lowest BCUT2D eigenvalue weighted by Gasteiger charge is -2.09. The molecule has 1 amide bonds. The fourth-order valence-corrected chi connectivity index (χ4v) is 2.45. The van der Waals surface area contributed by atoms with Crippen molar-refractivity contribution in [3.05, 3.63) is 59.5 Å². The van der Waals surface area contributed by atoms with Gasteiger partial charge in [0.1, 0.15) is 22.8 Å². The molecule has 6 heteroatoms. The van der Waals surface area contributed by atoms with Crippen molar-refractivity contribution in [1.29, 1.82) is 0 Å². The number of rotatable bonds is 5. The van der Waals surface area contributed by atoms with E-state index >= 15 is 0 Å². The number of nitrogens with zero attached hydrogens (tertiary/aromatic N) is 2. The minimum atomic E-state index is -0.224. The van der Waals surface area contributed by atoms with Gasteiger partial charge in [0.05, 0.1) is 14.2 Å². The van der Waals surface area contributed by atoms with Crippen molar-refractivity contribution in [2.24, 2.45) is 0 Å². The van der Waals surface area contributed by atoms with Crippen LogP contribution < -0.4 is 14.8 Å². The fourth-order valence-electron chi connectivity index (χ4n) is 2.45. The van der Waals surface area contributed by atoms with Crippen LogP contribution in [0.5, 0.6) is 11.5 Å². The highest BCUT2D eigenvalue weighted by Crippen LogP contribution is 2.22. The van der Waals surface area contributed by atoms with E-state index < -0.39 is 0 Å². The summed E-state index contributed by atoms with van der Waals surface area (Å²) in [6.45, 7) is 2.36. The van der Waals surface area contributed by atoms with Gasteiger partial charge >= 0.3 is 0 Å². The molecule has 3 aromatic rings. The summed E-state index contributed by atoms with van der Waals surface area (Å²) in [5, 5.41) is 2.87. The van der Waals surface area contributed by atoms with Crippen LogP contribution in [0, 0.1) is 6.92 Å². The number of carbonyl (C=O) groups excluding carboxylic acids is 1. The molecule has 0 aliphatic heterocycles. The number of methoxy groups -OCH3 is 2. The Morgan fingerprint density at radius 1 is 1.12 bits per heavy atom. The topological polar surface area (TPSA) is 64.9 Å². The summed E-state index contributed by atoms with van der Waals surface area (Å²) in [5.74, 6) is 1.14. The van der Waals surface area contributed by atoms with E-state index in [0.29, 0.717) is 23.7 Å². The maximum absolute atomic E-state index is 12.3. The third kappa shape index (κ3) is 3.32. The number of pyridine rings is 1. The molecule has 24 heavy (non-hydrogen) atoms. The SMILES string of the molecule is COc1cc(CNC(=O)c2cn3cc(C)ccc3n2)cc(OC)c1. The monoisotopic (exact) mass is 325 g/mol. The van der Waals surface area contributed by atoms with Gasteiger partial charge in [-0.1, -0.05) is 6.07 Å². The Kier molecular flexibility index (Phi) is 4.37. The van der Waals surface area contributed by atoms with Crippen LogP contribution in [0.25, 0.3) is 5.65 Å². The van der Waals surface area contributed by atoms with Crippen LogP contribution in [0.3, 0.4) is 0 Å². The molecule has 0 saturated carbocycles. The van der Waals surface area contributed by atoms with Gasteiger partial charge in [-0.05, 0) is 36.2 Å². The maximum atomic E-state index is 12.3. The normalized spacial score (nSPS) is 10.6. The first-order chi connectivity index (χ1) is 11.6. The van der Waals surface area contributed by atoms with E-state index in [-0.39, 0.29) is 5.91 Å². The van der Waals surface area contributed by atoms with Crippen LogP contribution in [0.4, 0.5) is 0 Å². The van der Waals surface area contributed by atoms with Crippen LogP contribution in [-0.4, -0.2) is 29.5 Å². The third-order valence-electron chi connectivity index (χ3n) is 3.70. The third-order valence-corrected chi connectivity index (χ3v) is 3.70. The Labute approximate surface area is 140 Å². The molecule has 0 aliphatic rings. The van der Waals surface area contributed by atoms with Gasteiger partial charge in [0.25, 0.3) is 5.91 Å². The number of aromatic nitrogens is 2. The molecule has 0 saturated heterocycles. The summed E-state index contributed by atoms with van der Waals surface area (Å²) in [7, 11) is 3.19. The zero-order valence-corrected chi connectivity index (χ0v) is 13.9. The van der Waals surface area contributed by atoms with Crippen LogP contribution in [0.15, 0.2) is 42.7 Å². The standard InChI is InChI=1S/C18H19N3O3/c1-12-4-5-17-20-16(11-21(17)10-12)18(22)19-9-13-6-14(23-2)8-15(7-13)24-3/h4-8,10-11H,9H2,1-3H3,(H,19,22). The lowest BCUT2D eigenvalue weighted by molar-refractivity contribution is 0.0946. The molecule has 0 atom stereocenters. The average molecular weight is 325 g/mol. The van der Waals surface area contributed by atoms with E-state index in [1.54, 1.807) is 26.5 Å². The van der Waals surface area contributed by atoms with E-state index in [0.717, 1.165) is 16.8 Å². The van der Waals surface area contributed by atoms with Crippen molar-refractivity contribution in [1.82, 2.24) is 14.7 Å². The highest BCUT2D eigenvalue weighted by Gasteiger charge is 2.11. The van der Waals surface area contributed by atoms with Crippen LogP contribution in [0.1, 0.15) is 21.6 Å². The van der Waals surface area contributed by atoms with Crippen LogP contribution >= 0.6 is 0 Å². The number of benzene rings is 1. The number of hydrogen-bond acceptors (Lipinski definition) is 4. The second kappa shape index (κ2) is 6.62.